The van der Waals surface area contributed by atoms with Gasteiger partial charge in [0.05, 0.1) is 21.3 Å². The highest BCUT2D eigenvalue weighted by molar-refractivity contribution is 5.74. The van der Waals surface area contributed by atoms with Crippen molar-refractivity contribution in [3.63, 3.8) is 0 Å². The molecule has 0 spiro atoms. The fourth-order valence-corrected chi connectivity index (χ4v) is 6.28. The molecule has 0 unspecified atom stereocenters. The number of methoxy groups -OCH3 is 3. The molecule has 0 radical (unpaired) electrons. The number of hydrogen-bond donors (Lipinski definition) is 0. The van der Waals surface area contributed by atoms with Crippen molar-refractivity contribution in [1.82, 2.24) is 29.9 Å². The van der Waals surface area contributed by atoms with Crippen molar-refractivity contribution in [2.45, 2.75) is 6.92 Å². The maximum atomic E-state index is 5.48. The lowest BCUT2D eigenvalue weighted by Crippen LogP contribution is -2.00. The van der Waals surface area contributed by atoms with Gasteiger partial charge in [-0.25, -0.2) is 29.9 Å². The molecule has 2 aromatic heterocycles. The van der Waals surface area contributed by atoms with E-state index >= 15 is 0 Å². The first-order chi connectivity index (χ1) is 27.9. The number of aromatic nitrogens is 6. The minimum atomic E-state index is 0.546. The molecule has 0 aliphatic carbocycles. The van der Waals surface area contributed by atoms with E-state index in [2.05, 4.69) is 55.5 Å². The van der Waals surface area contributed by atoms with Crippen LogP contribution in [0.4, 0.5) is 0 Å². The summed E-state index contributed by atoms with van der Waals surface area (Å²) in [6.45, 7) is 2.06. The van der Waals surface area contributed by atoms with Crippen LogP contribution in [0.15, 0.2) is 146 Å². The Morgan fingerprint density at radius 3 is 0.947 bits per heavy atom. The molecule has 278 valence electrons. The predicted molar refractivity (Wildman–Crippen MR) is 226 cm³/mol. The average molecular weight is 747 g/mol. The van der Waals surface area contributed by atoms with E-state index in [0.29, 0.717) is 34.9 Å². The lowest BCUT2D eigenvalue weighted by atomic mass is 10.1. The van der Waals surface area contributed by atoms with Crippen LogP contribution in [0.5, 0.6) is 17.2 Å². The van der Waals surface area contributed by atoms with Gasteiger partial charge >= 0.3 is 0 Å². The first kappa shape index (κ1) is 36.5. The van der Waals surface area contributed by atoms with Gasteiger partial charge in [-0.15, -0.1) is 0 Å². The molecular weight excluding hydrogens is 709 g/mol. The molecule has 0 saturated heterocycles. The van der Waals surface area contributed by atoms with E-state index in [1.807, 2.05) is 109 Å². The van der Waals surface area contributed by atoms with Crippen LogP contribution < -0.4 is 14.2 Å². The first-order valence-corrected chi connectivity index (χ1v) is 18.4. The Bertz CT molecular complexity index is 2650. The van der Waals surface area contributed by atoms with Gasteiger partial charge in [0.15, 0.2) is 34.9 Å². The molecular formula is C48H38N6O3. The van der Waals surface area contributed by atoms with Gasteiger partial charge in [0.2, 0.25) is 0 Å². The summed E-state index contributed by atoms with van der Waals surface area (Å²) in [6.07, 6.45) is 4.16. The number of aryl methyl sites for hydroxylation is 1. The summed E-state index contributed by atoms with van der Waals surface area (Å²) in [5.74, 6) is 5.61. The minimum absolute atomic E-state index is 0.546. The van der Waals surface area contributed by atoms with Crippen LogP contribution in [-0.4, -0.2) is 51.2 Å². The molecule has 0 atom stereocenters. The van der Waals surface area contributed by atoms with Crippen LogP contribution in [0.25, 0.3) is 80.5 Å². The topological polar surface area (TPSA) is 105 Å². The molecule has 0 fully saturated rings. The normalized spacial score (nSPS) is 11.1. The van der Waals surface area contributed by atoms with E-state index in [0.717, 1.165) is 67.3 Å². The minimum Gasteiger partial charge on any atom is -0.497 e. The summed E-state index contributed by atoms with van der Waals surface area (Å²) >= 11 is 0. The Hall–Kier alpha value is -7.52. The van der Waals surface area contributed by atoms with E-state index in [1.54, 1.807) is 21.3 Å². The lowest BCUT2D eigenvalue weighted by Gasteiger charge is -2.10. The fraction of sp³-hybridized carbons (Fsp3) is 0.0833. The molecule has 9 nitrogen and oxygen atoms in total. The van der Waals surface area contributed by atoms with Crippen molar-refractivity contribution >= 4 is 12.2 Å². The average Bonchev–Trinajstić information content (AvgIpc) is 3.28. The first-order valence-electron chi connectivity index (χ1n) is 18.4. The quantitative estimate of drug-likeness (QED) is 0.120. The molecule has 8 aromatic rings. The van der Waals surface area contributed by atoms with Crippen molar-refractivity contribution in [2.24, 2.45) is 0 Å². The van der Waals surface area contributed by atoms with Gasteiger partial charge in [0.1, 0.15) is 17.2 Å². The largest absolute Gasteiger partial charge is 0.497 e. The van der Waals surface area contributed by atoms with Gasteiger partial charge < -0.3 is 14.2 Å². The second kappa shape index (κ2) is 16.5. The summed E-state index contributed by atoms with van der Waals surface area (Å²) in [6, 6.07) is 47.7. The molecule has 0 saturated carbocycles. The summed E-state index contributed by atoms with van der Waals surface area (Å²) in [4.78, 5) is 29.3. The third-order valence-corrected chi connectivity index (χ3v) is 9.34. The van der Waals surface area contributed by atoms with E-state index < -0.39 is 0 Å². The molecule has 57 heavy (non-hydrogen) atoms. The summed E-state index contributed by atoms with van der Waals surface area (Å²) in [5, 5.41) is 0. The van der Waals surface area contributed by atoms with Gasteiger partial charge in [-0.3, -0.25) is 0 Å². The second-order valence-electron chi connectivity index (χ2n) is 13.3. The third-order valence-electron chi connectivity index (χ3n) is 9.34. The van der Waals surface area contributed by atoms with Crippen LogP contribution >= 0.6 is 0 Å². The maximum Gasteiger partial charge on any atom is 0.164 e. The molecule has 8 rings (SSSR count). The standard InChI is InChI=1S/C48H38N6O3/c1-31-9-5-10-36(27-31)45-49-43(50-46(53-45)37-11-6-14-40(28-37)55-2)34-23-19-32(20-24-34)17-18-33-21-25-35(26-22-33)44-51-47(38-12-7-15-41(29-38)56-3)54-48(52-44)39-13-8-16-42(30-39)57-4/h5-30H,1-4H3/b18-17+. The molecule has 0 bridgehead atoms. The monoisotopic (exact) mass is 746 g/mol. The zero-order valence-electron chi connectivity index (χ0n) is 31.9. The number of ether oxygens (including phenoxy) is 3. The van der Waals surface area contributed by atoms with Crippen LogP contribution in [0.1, 0.15) is 16.7 Å². The van der Waals surface area contributed by atoms with Crippen molar-refractivity contribution in [3.05, 3.63) is 162 Å². The van der Waals surface area contributed by atoms with E-state index in [9.17, 15) is 0 Å². The van der Waals surface area contributed by atoms with Crippen LogP contribution in [0, 0.1) is 6.92 Å². The number of nitrogens with zero attached hydrogens (tertiary/aromatic N) is 6. The Balaban J connectivity index is 1.06. The second-order valence-corrected chi connectivity index (χ2v) is 13.3. The Kier molecular flexibility index (Phi) is 10.5. The highest BCUT2D eigenvalue weighted by Gasteiger charge is 2.15. The Morgan fingerprint density at radius 1 is 0.333 bits per heavy atom. The smallest absolute Gasteiger partial charge is 0.164 e. The summed E-state index contributed by atoms with van der Waals surface area (Å²) < 4.78 is 16.4. The van der Waals surface area contributed by atoms with Crippen molar-refractivity contribution in [2.75, 3.05) is 21.3 Å². The number of hydrogen-bond acceptors (Lipinski definition) is 9. The van der Waals surface area contributed by atoms with Gasteiger partial charge in [-0.2, -0.15) is 0 Å². The summed E-state index contributed by atoms with van der Waals surface area (Å²) in [7, 11) is 4.94. The van der Waals surface area contributed by atoms with Gasteiger partial charge in [0, 0.05) is 33.4 Å². The molecule has 0 aliphatic rings. The number of benzene rings is 6. The van der Waals surface area contributed by atoms with Crippen molar-refractivity contribution < 1.29 is 14.2 Å². The summed E-state index contributed by atoms with van der Waals surface area (Å²) in [5.41, 5.74) is 8.37. The van der Waals surface area contributed by atoms with Gasteiger partial charge in [0.25, 0.3) is 0 Å². The van der Waals surface area contributed by atoms with Crippen LogP contribution in [-0.2, 0) is 0 Å². The fourth-order valence-electron chi connectivity index (χ4n) is 6.28. The lowest BCUT2D eigenvalue weighted by molar-refractivity contribution is 0.415. The van der Waals surface area contributed by atoms with Crippen LogP contribution in [0.2, 0.25) is 0 Å². The van der Waals surface area contributed by atoms with Crippen LogP contribution in [0.3, 0.4) is 0 Å². The highest BCUT2D eigenvalue weighted by Crippen LogP contribution is 2.30. The molecule has 9 heteroatoms. The molecule has 0 aliphatic heterocycles. The Labute approximate surface area is 331 Å². The van der Waals surface area contributed by atoms with E-state index in [-0.39, 0.29) is 0 Å². The molecule has 0 N–H and O–H groups in total. The molecule has 0 amide bonds. The zero-order valence-corrected chi connectivity index (χ0v) is 31.9. The Morgan fingerprint density at radius 2 is 0.632 bits per heavy atom. The van der Waals surface area contributed by atoms with Gasteiger partial charge in [-0.1, -0.05) is 121 Å². The van der Waals surface area contributed by atoms with E-state index in [4.69, 9.17) is 44.1 Å². The van der Waals surface area contributed by atoms with E-state index in [1.165, 1.54) is 0 Å². The highest BCUT2D eigenvalue weighted by atomic mass is 16.5. The zero-order chi connectivity index (χ0) is 39.1. The third kappa shape index (κ3) is 8.43. The van der Waals surface area contributed by atoms with Gasteiger partial charge in [-0.05, 0) is 60.5 Å². The maximum absolute atomic E-state index is 5.48. The number of rotatable bonds is 11. The molecule has 6 aromatic carbocycles. The van der Waals surface area contributed by atoms with Crippen molar-refractivity contribution in [3.8, 4) is 85.6 Å². The predicted octanol–water partition coefficient (Wildman–Crippen LogP) is 10.6. The van der Waals surface area contributed by atoms with Crippen molar-refractivity contribution in [1.29, 1.82) is 0 Å². The SMILES string of the molecule is COc1cccc(-c2nc(-c3ccc(/C=C/c4ccc(-c5nc(-c6cccc(OC)c6)nc(-c6cccc(OC)c6)n5)cc4)cc3)nc(-c3cccc(C)c3)n2)c1. The molecule has 2 heterocycles.